The topological polar surface area (TPSA) is 47.4 Å². The molecule has 1 unspecified atom stereocenters. The predicted molar refractivity (Wildman–Crippen MR) is 136 cm³/mol. The minimum Gasteiger partial charge on any atom is -0.494 e. The zero-order valence-electron chi connectivity index (χ0n) is 20.8. The molecular formula is C29H37N3O2. The second-order valence-electron chi connectivity index (χ2n) is 11.0. The number of imidazole rings is 1. The van der Waals surface area contributed by atoms with Crippen LogP contribution < -0.4 is 4.74 Å². The van der Waals surface area contributed by atoms with Crippen LogP contribution in [0.15, 0.2) is 48.5 Å². The lowest BCUT2D eigenvalue weighted by Gasteiger charge is -2.24. The summed E-state index contributed by atoms with van der Waals surface area (Å²) in [4.78, 5) is 20.0. The minimum absolute atomic E-state index is 0.145. The summed E-state index contributed by atoms with van der Waals surface area (Å²) in [7, 11) is 0. The second-order valence-corrected chi connectivity index (χ2v) is 11.0. The average Bonchev–Trinajstić information content (AvgIpc) is 3.55. The van der Waals surface area contributed by atoms with Crippen molar-refractivity contribution in [1.82, 2.24) is 14.5 Å². The summed E-state index contributed by atoms with van der Waals surface area (Å²) in [6.07, 6.45) is 6.27. The normalized spacial score (nSPS) is 19.4. The maximum Gasteiger partial charge on any atom is 0.223 e. The number of para-hydroxylation sites is 2. The lowest BCUT2D eigenvalue weighted by atomic mass is 9.87. The highest BCUT2D eigenvalue weighted by Gasteiger charge is 2.38. The third-order valence-electron chi connectivity index (χ3n) is 7.49. The van der Waals surface area contributed by atoms with Gasteiger partial charge in [-0.3, -0.25) is 4.79 Å². The van der Waals surface area contributed by atoms with Crippen molar-refractivity contribution < 1.29 is 9.53 Å². The van der Waals surface area contributed by atoms with E-state index in [-0.39, 0.29) is 11.3 Å². The molecule has 180 valence electrons. The molecule has 1 saturated carbocycles. The van der Waals surface area contributed by atoms with E-state index in [1.165, 1.54) is 18.4 Å². The van der Waals surface area contributed by atoms with Gasteiger partial charge in [-0.2, -0.15) is 0 Å². The first-order valence-corrected chi connectivity index (χ1v) is 12.9. The molecular weight excluding hydrogens is 422 g/mol. The molecule has 2 fully saturated rings. The van der Waals surface area contributed by atoms with E-state index in [2.05, 4.69) is 72.7 Å². The van der Waals surface area contributed by atoms with E-state index in [0.29, 0.717) is 25.0 Å². The first kappa shape index (κ1) is 22.9. The van der Waals surface area contributed by atoms with Crippen molar-refractivity contribution in [3.63, 3.8) is 0 Å². The fourth-order valence-corrected chi connectivity index (χ4v) is 5.58. The van der Waals surface area contributed by atoms with Crippen LogP contribution in [0.4, 0.5) is 0 Å². The van der Waals surface area contributed by atoms with Crippen molar-refractivity contribution >= 4 is 16.9 Å². The molecule has 1 aliphatic heterocycles. The van der Waals surface area contributed by atoms with Gasteiger partial charge in [0.15, 0.2) is 0 Å². The fourth-order valence-electron chi connectivity index (χ4n) is 5.58. The Morgan fingerprint density at radius 1 is 1.03 bits per heavy atom. The average molecular weight is 460 g/mol. The highest BCUT2D eigenvalue weighted by molar-refractivity contribution is 5.81. The van der Waals surface area contributed by atoms with Crippen LogP contribution in [-0.2, 0) is 16.8 Å². The summed E-state index contributed by atoms with van der Waals surface area (Å²) in [6, 6.07) is 17.2. The minimum atomic E-state index is 0.145. The van der Waals surface area contributed by atoms with Gasteiger partial charge in [0.05, 0.1) is 17.6 Å². The Morgan fingerprint density at radius 3 is 2.50 bits per heavy atom. The molecule has 0 N–H and O–H groups in total. The second kappa shape index (κ2) is 9.44. The van der Waals surface area contributed by atoms with Crippen LogP contribution in [0.3, 0.4) is 0 Å². The van der Waals surface area contributed by atoms with Crippen molar-refractivity contribution in [2.24, 2.45) is 0 Å². The Labute approximate surface area is 203 Å². The molecule has 2 aromatic carbocycles. The van der Waals surface area contributed by atoms with E-state index in [9.17, 15) is 4.79 Å². The molecule has 34 heavy (non-hydrogen) atoms. The van der Waals surface area contributed by atoms with Gasteiger partial charge in [-0.05, 0) is 54.5 Å². The third-order valence-corrected chi connectivity index (χ3v) is 7.49. The molecule has 3 aromatic rings. The number of nitrogens with zero attached hydrogens (tertiary/aromatic N) is 3. The van der Waals surface area contributed by atoms with Gasteiger partial charge in [0.25, 0.3) is 0 Å². The molecule has 0 bridgehead atoms. The molecule has 5 heteroatoms. The molecule has 1 amide bonds. The number of hydrogen-bond acceptors (Lipinski definition) is 3. The van der Waals surface area contributed by atoms with Crippen LogP contribution in [0.5, 0.6) is 5.75 Å². The number of aromatic nitrogens is 2. The van der Waals surface area contributed by atoms with E-state index >= 15 is 0 Å². The zero-order valence-corrected chi connectivity index (χ0v) is 20.8. The van der Waals surface area contributed by atoms with Crippen molar-refractivity contribution in [1.29, 1.82) is 0 Å². The molecule has 0 spiro atoms. The smallest absolute Gasteiger partial charge is 0.223 e. The number of carbonyl (C=O) groups excluding carboxylic acids is 1. The Hall–Kier alpha value is -2.82. The van der Waals surface area contributed by atoms with Crippen molar-refractivity contribution in [2.45, 2.75) is 83.2 Å². The third kappa shape index (κ3) is 4.70. The molecule has 2 heterocycles. The molecule has 2 aliphatic rings. The lowest BCUT2D eigenvalue weighted by molar-refractivity contribution is -0.129. The van der Waals surface area contributed by atoms with Gasteiger partial charge in [0.2, 0.25) is 5.91 Å². The first-order valence-electron chi connectivity index (χ1n) is 12.9. The largest absolute Gasteiger partial charge is 0.494 e. The van der Waals surface area contributed by atoms with E-state index < -0.39 is 0 Å². The Morgan fingerprint density at radius 2 is 1.76 bits per heavy atom. The Balaban J connectivity index is 1.27. The number of aryl methyl sites for hydroxylation is 1. The van der Waals surface area contributed by atoms with Gasteiger partial charge in [-0.15, -0.1) is 0 Å². The molecule has 1 atom stereocenters. The van der Waals surface area contributed by atoms with Gasteiger partial charge < -0.3 is 14.2 Å². The van der Waals surface area contributed by atoms with Gasteiger partial charge in [0, 0.05) is 31.5 Å². The van der Waals surface area contributed by atoms with Crippen LogP contribution in [0, 0.1) is 0 Å². The number of ether oxygens (including phenoxy) is 1. The quantitative estimate of drug-likeness (QED) is 0.403. The summed E-state index contributed by atoms with van der Waals surface area (Å²) in [5.41, 5.74) is 3.63. The van der Waals surface area contributed by atoms with E-state index in [1.807, 2.05) is 6.07 Å². The number of fused-ring (bicyclic) bond motifs is 1. The standard InChI is InChI=1S/C29H37N3O2/c1-29(2,3)22-13-15-24(16-14-22)34-18-8-17-31-26-12-7-6-11-25(26)30-28(31)21-19-27(33)32(20-21)23-9-4-5-10-23/h6-7,11-16,21,23H,4-5,8-10,17-20H2,1-3H3. The fraction of sp³-hybridized carbons (Fsp3) is 0.517. The molecule has 1 saturated heterocycles. The summed E-state index contributed by atoms with van der Waals surface area (Å²) in [6.45, 7) is 8.97. The first-order chi connectivity index (χ1) is 16.4. The number of benzene rings is 2. The Kier molecular flexibility index (Phi) is 6.37. The zero-order chi connectivity index (χ0) is 23.7. The summed E-state index contributed by atoms with van der Waals surface area (Å²) in [5.74, 6) is 2.45. The predicted octanol–water partition coefficient (Wildman–Crippen LogP) is 6.06. The van der Waals surface area contributed by atoms with Crippen LogP contribution >= 0.6 is 0 Å². The van der Waals surface area contributed by atoms with Gasteiger partial charge in [0.1, 0.15) is 11.6 Å². The lowest BCUT2D eigenvalue weighted by Crippen LogP contribution is -2.34. The van der Waals surface area contributed by atoms with Crippen molar-refractivity contribution in [3.05, 3.63) is 59.9 Å². The van der Waals surface area contributed by atoms with E-state index in [0.717, 1.165) is 55.0 Å². The summed E-state index contributed by atoms with van der Waals surface area (Å²) < 4.78 is 8.39. The number of hydrogen-bond donors (Lipinski definition) is 0. The summed E-state index contributed by atoms with van der Waals surface area (Å²) in [5, 5.41) is 0. The van der Waals surface area contributed by atoms with Crippen LogP contribution in [0.1, 0.15) is 76.6 Å². The van der Waals surface area contributed by atoms with E-state index in [1.54, 1.807) is 0 Å². The van der Waals surface area contributed by atoms with Crippen molar-refractivity contribution in [3.8, 4) is 5.75 Å². The molecule has 5 rings (SSSR count). The van der Waals surface area contributed by atoms with Gasteiger partial charge >= 0.3 is 0 Å². The molecule has 5 nitrogen and oxygen atoms in total. The van der Waals surface area contributed by atoms with E-state index in [4.69, 9.17) is 9.72 Å². The maximum absolute atomic E-state index is 12.8. The SMILES string of the molecule is CC(C)(C)c1ccc(OCCCn2c(C3CC(=O)N(C4CCCC4)C3)nc3ccccc32)cc1. The molecule has 1 aromatic heterocycles. The maximum atomic E-state index is 12.8. The van der Waals surface area contributed by atoms with Gasteiger partial charge in [-0.1, -0.05) is 57.9 Å². The highest BCUT2D eigenvalue weighted by Crippen LogP contribution is 2.35. The molecule has 0 radical (unpaired) electrons. The number of carbonyl (C=O) groups is 1. The van der Waals surface area contributed by atoms with Gasteiger partial charge in [-0.25, -0.2) is 4.98 Å². The number of likely N-dealkylation sites (tertiary alicyclic amines) is 1. The number of amides is 1. The van der Waals surface area contributed by atoms with Crippen molar-refractivity contribution in [2.75, 3.05) is 13.2 Å². The monoisotopic (exact) mass is 459 g/mol. The Bertz CT molecular complexity index is 1140. The molecule has 1 aliphatic carbocycles. The number of rotatable bonds is 7. The summed E-state index contributed by atoms with van der Waals surface area (Å²) >= 11 is 0. The van der Waals surface area contributed by atoms with Crippen LogP contribution in [0.25, 0.3) is 11.0 Å². The van der Waals surface area contributed by atoms with Crippen LogP contribution in [-0.4, -0.2) is 39.6 Å². The van der Waals surface area contributed by atoms with Crippen LogP contribution in [0.2, 0.25) is 0 Å². The highest BCUT2D eigenvalue weighted by atomic mass is 16.5.